The molecule has 128 valence electrons. The highest BCUT2D eigenvalue weighted by molar-refractivity contribution is 5.92. The number of carbonyl (C=O) groups excluding carboxylic acids is 2. The van der Waals surface area contributed by atoms with Crippen LogP contribution in [0, 0.1) is 0 Å². The average molecular weight is 320 g/mol. The largest absolute Gasteiger partial charge is 0.480 e. The van der Waals surface area contributed by atoms with E-state index >= 15 is 0 Å². The third-order valence-corrected chi connectivity index (χ3v) is 2.92. The smallest absolute Gasteiger partial charge is 0.328 e. The lowest BCUT2D eigenvalue weighted by atomic mass is 10.1. The standard InChI is InChI=1S/C12H24N4O6/c1-6(18)9(11(20)15-8(5-17)12(21)22)16-10(19)7(14)3-2-4-13/h6-9,17-18H,2-5,13-14H2,1H3,(H,15,20)(H,16,19)(H,21,22)/t6-,7+,8-,9+/m1/s1. The molecule has 0 aromatic rings. The quantitative estimate of drug-likeness (QED) is 0.215. The Morgan fingerprint density at radius 1 is 1.18 bits per heavy atom. The molecular weight excluding hydrogens is 296 g/mol. The van der Waals surface area contributed by atoms with Crippen molar-refractivity contribution in [2.45, 2.75) is 44.0 Å². The molecule has 0 saturated carbocycles. The van der Waals surface area contributed by atoms with Gasteiger partial charge in [0.25, 0.3) is 0 Å². The minimum atomic E-state index is -1.53. The molecule has 0 spiro atoms. The number of nitrogens with two attached hydrogens (primary N) is 2. The maximum Gasteiger partial charge on any atom is 0.328 e. The van der Waals surface area contributed by atoms with Gasteiger partial charge in [0.15, 0.2) is 0 Å². The first-order valence-corrected chi connectivity index (χ1v) is 6.82. The highest BCUT2D eigenvalue weighted by Gasteiger charge is 2.30. The average Bonchev–Trinajstić information content (AvgIpc) is 2.46. The highest BCUT2D eigenvalue weighted by atomic mass is 16.4. The molecule has 0 unspecified atom stereocenters. The SMILES string of the molecule is C[C@@H](O)[C@H](NC(=O)[C@@H](N)CCCN)C(=O)N[C@H](CO)C(=O)O. The van der Waals surface area contributed by atoms with E-state index in [4.69, 9.17) is 21.7 Å². The monoisotopic (exact) mass is 320 g/mol. The van der Waals surface area contributed by atoms with Crippen molar-refractivity contribution in [2.75, 3.05) is 13.2 Å². The van der Waals surface area contributed by atoms with E-state index in [0.29, 0.717) is 19.4 Å². The third-order valence-electron chi connectivity index (χ3n) is 2.92. The number of aliphatic hydroxyl groups is 2. The Labute approximate surface area is 127 Å². The molecular formula is C12H24N4O6. The minimum Gasteiger partial charge on any atom is -0.480 e. The van der Waals surface area contributed by atoms with Gasteiger partial charge in [0.05, 0.1) is 18.8 Å². The predicted octanol–water partition coefficient (Wildman–Crippen LogP) is -3.52. The van der Waals surface area contributed by atoms with E-state index < -0.39 is 48.6 Å². The molecule has 0 aliphatic carbocycles. The van der Waals surface area contributed by atoms with Crippen molar-refractivity contribution in [3.63, 3.8) is 0 Å². The molecule has 0 saturated heterocycles. The summed E-state index contributed by atoms with van der Waals surface area (Å²) in [6.45, 7) is 0.792. The van der Waals surface area contributed by atoms with Gasteiger partial charge >= 0.3 is 5.97 Å². The molecule has 0 rings (SSSR count). The summed E-state index contributed by atoms with van der Waals surface area (Å²) in [6.07, 6.45) is -0.449. The van der Waals surface area contributed by atoms with E-state index in [2.05, 4.69) is 5.32 Å². The van der Waals surface area contributed by atoms with Gasteiger partial charge in [-0.1, -0.05) is 0 Å². The number of amides is 2. The summed E-state index contributed by atoms with van der Waals surface area (Å²) in [5.74, 6) is -3.03. The molecule has 0 aromatic carbocycles. The van der Waals surface area contributed by atoms with Crippen molar-refractivity contribution in [2.24, 2.45) is 11.5 Å². The van der Waals surface area contributed by atoms with Crippen LogP contribution in [0.5, 0.6) is 0 Å². The molecule has 0 radical (unpaired) electrons. The van der Waals surface area contributed by atoms with Gasteiger partial charge in [-0.2, -0.15) is 0 Å². The van der Waals surface area contributed by atoms with Gasteiger partial charge in [0.1, 0.15) is 12.1 Å². The Balaban J connectivity index is 4.75. The molecule has 4 atom stereocenters. The summed E-state index contributed by atoms with van der Waals surface area (Å²) in [5.41, 5.74) is 10.9. The first-order chi connectivity index (χ1) is 10.2. The second-order valence-corrected chi connectivity index (χ2v) is 4.85. The second kappa shape index (κ2) is 10.1. The van der Waals surface area contributed by atoms with Crippen LogP contribution in [0.15, 0.2) is 0 Å². The molecule has 2 amide bonds. The lowest BCUT2D eigenvalue weighted by molar-refractivity contribution is -0.144. The predicted molar refractivity (Wildman–Crippen MR) is 76.5 cm³/mol. The molecule has 0 fully saturated rings. The molecule has 9 N–H and O–H groups in total. The van der Waals surface area contributed by atoms with Crippen molar-refractivity contribution in [1.29, 1.82) is 0 Å². The number of hydrogen-bond donors (Lipinski definition) is 7. The van der Waals surface area contributed by atoms with Gasteiger partial charge < -0.3 is 37.4 Å². The van der Waals surface area contributed by atoms with Crippen LogP contribution >= 0.6 is 0 Å². The first kappa shape index (κ1) is 20.2. The fourth-order valence-corrected chi connectivity index (χ4v) is 1.58. The Bertz CT molecular complexity index is 390. The minimum absolute atomic E-state index is 0.310. The third kappa shape index (κ3) is 6.80. The molecule has 0 aliphatic rings. The van der Waals surface area contributed by atoms with E-state index in [1.54, 1.807) is 0 Å². The number of carboxylic acids is 1. The molecule has 10 heteroatoms. The van der Waals surface area contributed by atoms with Gasteiger partial charge in [0.2, 0.25) is 11.8 Å². The Morgan fingerprint density at radius 3 is 2.18 bits per heavy atom. The molecule has 0 bridgehead atoms. The lowest BCUT2D eigenvalue weighted by Gasteiger charge is -2.24. The van der Waals surface area contributed by atoms with Gasteiger partial charge in [-0.15, -0.1) is 0 Å². The van der Waals surface area contributed by atoms with E-state index in [-0.39, 0.29) is 0 Å². The number of rotatable bonds is 10. The van der Waals surface area contributed by atoms with Crippen LogP contribution in [-0.4, -0.2) is 70.5 Å². The second-order valence-electron chi connectivity index (χ2n) is 4.85. The number of aliphatic carboxylic acids is 1. The fraction of sp³-hybridized carbons (Fsp3) is 0.750. The van der Waals surface area contributed by atoms with E-state index in [9.17, 15) is 19.5 Å². The summed E-state index contributed by atoms with van der Waals surface area (Å²) in [5, 5.41) is 31.4. The Morgan fingerprint density at radius 2 is 1.77 bits per heavy atom. The zero-order valence-corrected chi connectivity index (χ0v) is 12.4. The summed E-state index contributed by atoms with van der Waals surface area (Å²) in [4.78, 5) is 34.5. The normalized spacial score (nSPS) is 16.2. The van der Waals surface area contributed by atoms with Crippen molar-refractivity contribution >= 4 is 17.8 Å². The van der Waals surface area contributed by atoms with Crippen LogP contribution < -0.4 is 22.1 Å². The van der Waals surface area contributed by atoms with Crippen molar-refractivity contribution < 1.29 is 29.7 Å². The fourth-order valence-electron chi connectivity index (χ4n) is 1.58. The number of nitrogens with one attached hydrogen (secondary N) is 2. The summed E-state index contributed by atoms with van der Waals surface area (Å²) >= 11 is 0. The van der Waals surface area contributed by atoms with Crippen LogP contribution in [0.1, 0.15) is 19.8 Å². The zero-order valence-electron chi connectivity index (χ0n) is 12.4. The van der Waals surface area contributed by atoms with Gasteiger partial charge in [-0.05, 0) is 26.3 Å². The number of hydrogen-bond acceptors (Lipinski definition) is 7. The molecule has 0 heterocycles. The Kier molecular flexibility index (Phi) is 9.26. The van der Waals surface area contributed by atoms with Crippen LogP contribution in [0.25, 0.3) is 0 Å². The summed E-state index contributed by atoms with van der Waals surface area (Å²) in [7, 11) is 0. The maximum absolute atomic E-state index is 11.9. The Hall–Kier alpha value is -1.75. The van der Waals surface area contributed by atoms with Crippen molar-refractivity contribution in [3.05, 3.63) is 0 Å². The van der Waals surface area contributed by atoms with Crippen LogP contribution in [-0.2, 0) is 14.4 Å². The molecule has 0 aromatic heterocycles. The van der Waals surface area contributed by atoms with Crippen LogP contribution in [0.3, 0.4) is 0 Å². The number of carbonyl (C=O) groups is 3. The lowest BCUT2D eigenvalue weighted by Crippen LogP contribution is -2.58. The van der Waals surface area contributed by atoms with Gasteiger partial charge in [-0.25, -0.2) is 4.79 Å². The highest BCUT2D eigenvalue weighted by Crippen LogP contribution is 1.99. The zero-order chi connectivity index (χ0) is 17.3. The van der Waals surface area contributed by atoms with E-state index in [0.717, 1.165) is 0 Å². The summed E-state index contributed by atoms with van der Waals surface area (Å²) in [6, 6.07) is -3.81. The maximum atomic E-state index is 11.9. The number of aliphatic hydroxyl groups excluding tert-OH is 2. The summed E-state index contributed by atoms with van der Waals surface area (Å²) < 4.78 is 0. The van der Waals surface area contributed by atoms with Crippen LogP contribution in [0.4, 0.5) is 0 Å². The number of carboxylic acid groups (broad SMARTS) is 1. The van der Waals surface area contributed by atoms with E-state index in [1.165, 1.54) is 6.92 Å². The van der Waals surface area contributed by atoms with Crippen molar-refractivity contribution in [1.82, 2.24) is 10.6 Å². The van der Waals surface area contributed by atoms with Gasteiger partial charge in [0, 0.05) is 0 Å². The van der Waals surface area contributed by atoms with Crippen molar-refractivity contribution in [3.8, 4) is 0 Å². The van der Waals surface area contributed by atoms with Gasteiger partial charge in [-0.3, -0.25) is 9.59 Å². The molecule has 0 aliphatic heterocycles. The first-order valence-electron chi connectivity index (χ1n) is 6.82. The van der Waals surface area contributed by atoms with Crippen LogP contribution in [0.2, 0.25) is 0 Å². The topological polar surface area (TPSA) is 188 Å². The molecule has 22 heavy (non-hydrogen) atoms. The van der Waals surface area contributed by atoms with E-state index in [1.807, 2.05) is 5.32 Å². The molecule has 10 nitrogen and oxygen atoms in total.